The van der Waals surface area contributed by atoms with Crippen LogP contribution in [-0.2, 0) is 6.54 Å². The summed E-state index contributed by atoms with van der Waals surface area (Å²) in [5, 5.41) is 8.28. The Morgan fingerprint density at radius 1 is 0.917 bits per heavy atom. The van der Waals surface area contributed by atoms with Crippen molar-refractivity contribution in [1.82, 2.24) is 15.3 Å². The maximum absolute atomic E-state index is 5.48. The van der Waals surface area contributed by atoms with E-state index in [2.05, 4.69) is 16.7 Å². The Morgan fingerprint density at radius 2 is 1.58 bits per heavy atom. The number of para-hydroxylation sites is 1. The van der Waals surface area contributed by atoms with Gasteiger partial charge in [0.25, 0.3) is 0 Å². The van der Waals surface area contributed by atoms with Crippen LogP contribution in [-0.4, -0.2) is 58.0 Å². The van der Waals surface area contributed by atoms with Crippen molar-refractivity contribution >= 4 is 22.7 Å². The molecule has 0 radical (unpaired) electrons. The van der Waals surface area contributed by atoms with Gasteiger partial charge in [-0.2, -0.15) is 4.98 Å². The van der Waals surface area contributed by atoms with Gasteiger partial charge in [-0.15, -0.1) is 0 Å². The summed E-state index contributed by atoms with van der Waals surface area (Å²) in [5.41, 5.74) is 2.09. The van der Waals surface area contributed by atoms with Crippen LogP contribution in [0.4, 0.5) is 11.8 Å². The smallest absolute Gasteiger partial charge is 0.225 e. The molecule has 1 fully saturated rings. The summed E-state index contributed by atoms with van der Waals surface area (Å²) in [6, 6.07) is 12.7. The first-order valence-electron chi connectivity index (χ1n) is 12.2. The first kappa shape index (κ1) is 27.3. The summed E-state index contributed by atoms with van der Waals surface area (Å²) in [7, 11) is 8.96. The Hall–Kier alpha value is -3.26. The average Bonchev–Trinajstić information content (AvgIpc) is 2.89. The van der Waals surface area contributed by atoms with Crippen molar-refractivity contribution < 1.29 is 14.2 Å². The van der Waals surface area contributed by atoms with Crippen LogP contribution in [0.3, 0.4) is 0 Å². The highest BCUT2D eigenvalue weighted by atomic mass is 16.5. The normalized spacial score (nSPS) is 17.2. The third-order valence-corrected chi connectivity index (χ3v) is 6.72. The lowest BCUT2D eigenvalue weighted by Crippen LogP contribution is -2.34. The van der Waals surface area contributed by atoms with Crippen LogP contribution in [0.1, 0.15) is 38.7 Å². The molecule has 8 nitrogen and oxygen atoms in total. The summed E-state index contributed by atoms with van der Waals surface area (Å²) in [5.74, 6) is 4.26. The van der Waals surface area contributed by atoms with Crippen LogP contribution in [0.2, 0.25) is 0 Å². The predicted octanol–water partition coefficient (Wildman–Crippen LogP) is 5.12. The predicted molar refractivity (Wildman–Crippen MR) is 148 cm³/mol. The average molecular weight is 496 g/mol. The standard InChI is InChI=1S/C27H37N5O3.CH4/c1-32(2)26-21-8-6-7-9-22(21)30-27(31-26)29-16-18-10-12-20(13-11-18)28-17-19-14-23(33-3)25(35-5)24(15-19)34-4;/h6-9,14-15,18,20,28H,10-13,16-17H2,1-5H3,(H,29,30,31);1H4. The Labute approximate surface area is 215 Å². The molecule has 1 aliphatic carbocycles. The molecule has 196 valence electrons. The molecule has 36 heavy (non-hydrogen) atoms. The quantitative estimate of drug-likeness (QED) is 0.401. The molecule has 3 aromatic rings. The summed E-state index contributed by atoms with van der Waals surface area (Å²) in [4.78, 5) is 11.5. The lowest BCUT2D eigenvalue weighted by molar-refractivity contribution is 0.298. The second-order valence-corrected chi connectivity index (χ2v) is 9.30. The minimum atomic E-state index is 0. The SMILES string of the molecule is C.COc1cc(CNC2CCC(CNc3nc(N(C)C)c4ccccc4n3)CC2)cc(OC)c1OC. The Bertz CT molecular complexity index is 1100. The second-order valence-electron chi connectivity index (χ2n) is 9.30. The fourth-order valence-corrected chi connectivity index (χ4v) is 4.79. The number of hydrogen-bond donors (Lipinski definition) is 2. The van der Waals surface area contributed by atoms with Crippen LogP contribution < -0.4 is 29.7 Å². The van der Waals surface area contributed by atoms with Gasteiger partial charge >= 0.3 is 0 Å². The first-order chi connectivity index (χ1) is 17.0. The van der Waals surface area contributed by atoms with Crippen LogP contribution in [0.25, 0.3) is 10.9 Å². The summed E-state index contributed by atoms with van der Waals surface area (Å²) < 4.78 is 16.4. The van der Waals surface area contributed by atoms with Crippen molar-refractivity contribution in [1.29, 1.82) is 0 Å². The molecular formula is C28H41N5O3. The highest BCUT2D eigenvalue weighted by Crippen LogP contribution is 2.38. The molecule has 1 heterocycles. The zero-order chi connectivity index (χ0) is 24.8. The third kappa shape index (κ3) is 6.29. The molecule has 1 saturated carbocycles. The van der Waals surface area contributed by atoms with Crippen molar-refractivity contribution in [2.45, 2.75) is 45.7 Å². The fourth-order valence-electron chi connectivity index (χ4n) is 4.79. The number of benzene rings is 2. The Balaban J connectivity index is 0.00000361. The minimum Gasteiger partial charge on any atom is -0.493 e. The molecule has 1 aromatic heterocycles. The topological polar surface area (TPSA) is 80.8 Å². The zero-order valence-electron chi connectivity index (χ0n) is 21.4. The molecule has 0 spiro atoms. The molecule has 0 saturated heterocycles. The second kappa shape index (κ2) is 12.6. The van der Waals surface area contributed by atoms with Crippen molar-refractivity contribution in [2.75, 3.05) is 52.2 Å². The number of nitrogens with one attached hydrogen (secondary N) is 2. The van der Waals surface area contributed by atoms with Gasteiger partial charge in [0.15, 0.2) is 11.5 Å². The number of fused-ring (bicyclic) bond motifs is 1. The van der Waals surface area contributed by atoms with E-state index in [9.17, 15) is 0 Å². The minimum absolute atomic E-state index is 0. The molecule has 0 unspecified atom stereocenters. The van der Waals surface area contributed by atoms with E-state index in [1.807, 2.05) is 49.3 Å². The largest absolute Gasteiger partial charge is 0.493 e. The number of methoxy groups -OCH3 is 3. The van der Waals surface area contributed by atoms with Crippen LogP contribution >= 0.6 is 0 Å². The monoisotopic (exact) mass is 495 g/mol. The summed E-state index contributed by atoms with van der Waals surface area (Å²) >= 11 is 0. The summed E-state index contributed by atoms with van der Waals surface area (Å²) in [6.45, 7) is 1.66. The van der Waals surface area contributed by atoms with Crippen molar-refractivity contribution in [3.8, 4) is 17.2 Å². The number of aromatic nitrogens is 2. The van der Waals surface area contributed by atoms with Gasteiger partial charge in [-0.3, -0.25) is 0 Å². The summed E-state index contributed by atoms with van der Waals surface area (Å²) in [6.07, 6.45) is 4.65. The van der Waals surface area contributed by atoms with E-state index in [4.69, 9.17) is 24.2 Å². The van der Waals surface area contributed by atoms with Crippen molar-refractivity contribution in [3.63, 3.8) is 0 Å². The third-order valence-electron chi connectivity index (χ3n) is 6.72. The molecule has 0 bridgehead atoms. The van der Waals surface area contributed by atoms with Gasteiger partial charge in [-0.05, 0) is 61.4 Å². The molecule has 0 amide bonds. The van der Waals surface area contributed by atoms with E-state index in [0.29, 0.717) is 35.2 Å². The lowest BCUT2D eigenvalue weighted by Gasteiger charge is -2.29. The van der Waals surface area contributed by atoms with E-state index in [-0.39, 0.29) is 7.43 Å². The van der Waals surface area contributed by atoms with Crippen LogP contribution in [0.15, 0.2) is 36.4 Å². The molecule has 8 heteroatoms. The van der Waals surface area contributed by atoms with Gasteiger partial charge in [0, 0.05) is 38.6 Å². The van der Waals surface area contributed by atoms with Gasteiger partial charge < -0.3 is 29.7 Å². The molecule has 4 rings (SSSR count). The zero-order valence-corrected chi connectivity index (χ0v) is 21.4. The number of anilines is 2. The van der Waals surface area contributed by atoms with Gasteiger partial charge in [0.2, 0.25) is 11.7 Å². The van der Waals surface area contributed by atoms with Gasteiger partial charge in [0.1, 0.15) is 5.82 Å². The molecule has 0 atom stereocenters. The van der Waals surface area contributed by atoms with Crippen molar-refractivity contribution in [3.05, 3.63) is 42.0 Å². The number of hydrogen-bond acceptors (Lipinski definition) is 8. The van der Waals surface area contributed by atoms with E-state index in [1.54, 1.807) is 21.3 Å². The Morgan fingerprint density at radius 3 is 2.19 bits per heavy atom. The molecule has 2 N–H and O–H groups in total. The first-order valence-corrected chi connectivity index (χ1v) is 12.2. The van der Waals surface area contributed by atoms with E-state index in [1.165, 1.54) is 12.8 Å². The van der Waals surface area contributed by atoms with Crippen molar-refractivity contribution in [2.24, 2.45) is 5.92 Å². The van der Waals surface area contributed by atoms with Crippen LogP contribution in [0.5, 0.6) is 17.2 Å². The number of nitrogens with zero attached hydrogens (tertiary/aromatic N) is 3. The highest BCUT2D eigenvalue weighted by molar-refractivity contribution is 5.90. The molecular weight excluding hydrogens is 454 g/mol. The molecule has 2 aromatic carbocycles. The maximum atomic E-state index is 5.48. The molecule has 1 aliphatic rings. The van der Waals surface area contributed by atoms with Gasteiger partial charge in [-0.1, -0.05) is 19.6 Å². The lowest BCUT2D eigenvalue weighted by atomic mass is 9.86. The maximum Gasteiger partial charge on any atom is 0.225 e. The van der Waals surface area contributed by atoms with E-state index < -0.39 is 0 Å². The van der Waals surface area contributed by atoms with E-state index >= 15 is 0 Å². The number of ether oxygens (including phenoxy) is 3. The van der Waals surface area contributed by atoms with Gasteiger partial charge in [-0.25, -0.2) is 4.98 Å². The number of rotatable bonds is 10. The molecule has 0 aliphatic heterocycles. The fraction of sp³-hybridized carbons (Fsp3) is 0.500. The van der Waals surface area contributed by atoms with Gasteiger partial charge in [0.05, 0.1) is 26.8 Å². The van der Waals surface area contributed by atoms with E-state index in [0.717, 1.165) is 48.2 Å². The van der Waals surface area contributed by atoms with Crippen LogP contribution in [0, 0.1) is 5.92 Å². The highest BCUT2D eigenvalue weighted by Gasteiger charge is 2.22. The Kier molecular flexibility index (Phi) is 9.58.